The Morgan fingerprint density at radius 1 is 1.09 bits per heavy atom. The second-order valence-electron chi connectivity index (χ2n) is 5.80. The third-order valence-corrected chi connectivity index (χ3v) is 3.66. The van der Waals surface area contributed by atoms with Crippen molar-refractivity contribution in [2.45, 2.75) is 51.6 Å². The van der Waals surface area contributed by atoms with Gasteiger partial charge in [-0.25, -0.2) is 0 Å². The summed E-state index contributed by atoms with van der Waals surface area (Å²) in [6.07, 6.45) is 4.39. The van der Waals surface area contributed by atoms with Gasteiger partial charge in [0.15, 0.2) is 17.6 Å². The van der Waals surface area contributed by atoms with E-state index in [-0.39, 0.29) is 24.5 Å². The zero-order chi connectivity index (χ0) is 16.5. The zero-order valence-corrected chi connectivity index (χ0v) is 13.6. The van der Waals surface area contributed by atoms with Gasteiger partial charge in [0.05, 0.1) is 0 Å². The van der Waals surface area contributed by atoms with Crippen LogP contribution in [0.3, 0.4) is 0 Å². The SMILES string of the molecule is CC(=O)CCCCCCC(=O)OC[C@@H]1COc2ccccc2O1. The van der Waals surface area contributed by atoms with Crippen molar-refractivity contribution >= 4 is 11.8 Å². The van der Waals surface area contributed by atoms with Crippen LogP contribution in [0.15, 0.2) is 24.3 Å². The Morgan fingerprint density at radius 3 is 2.52 bits per heavy atom. The predicted octanol–water partition coefficient (Wildman–Crippen LogP) is 3.30. The van der Waals surface area contributed by atoms with Crippen molar-refractivity contribution in [3.8, 4) is 11.5 Å². The Hall–Kier alpha value is -2.04. The number of carbonyl (C=O) groups excluding carboxylic acids is 2. The number of hydrogen-bond acceptors (Lipinski definition) is 5. The van der Waals surface area contributed by atoms with Crippen LogP contribution >= 0.6 is 0 Å². The summed E-state index contributed by atoms with van der Waals surface area (Å²) in [4.78, 5) is 22.5. The molecule has 0 N–H and O–H groups in total. The average Bonchev–Trinajstić information content (AvgIpc) is 2.55. The molecule has 23 heavy (non-hydrogen) atoms. The van der Waals surface area contributed by atoms with Crippen LogP contribution in [0.2, 0.25) is 0 Å². The zero-order valence-electron chi connectivity index (χ0n) is 13.6. The molecule has 2 rings (SSSR count). The van der Waals surface area contributed by atoms with Gasteiger partial charge in [-0.2, -0.15) is 0 Å². The maximum Gasteiger partial charge on any atom is 0.305 e. The molecular weight excluding hydrogens is 296 g/mol. The Labute approximate surface area is 136 Å². The summed E-state index contributed by atoms with van der Waals surface area (Å²) in [7, 11) is 0. The van der Waals surface area contributed by atoms with Crippen molar-refractivity contribution in [2.75, 3.05) is 13.2 Å². The highest BCUT2D eigenvalue weighted by atomic mass is 16.6. The monoisotopic (exact) mass is 320 g/mol. The van der Waals surface area contributed by atoms with Gasteiger partial charge in [-0.15, -0.1) is 0 Å². The number of carbonyl (C=O) groups is 2. The summed E-state index contributed by atoms with van der Waals surface area (Å²) < 4.78 is 16.5. The number of hydrogen-bond donors (Lipinski definition) is 0. The lowest BCUT2D eigenvalue weighted by molar-refractivity contribution is -0.147. The Balaban J connectivity index is 1.56. The van der Waals surface area contributed by atoms with Crippen LogP contribution in [0.25, 0.3) is 0 Å². The first kappa shape index (κ1) is 17.3. The minimum Gasteiger partial charge on any atom is -0.486 e. The number of fused-ring (bicyclic) bond motifs is 1. The molecular formula is C18H24O5. The van der Waals surface area contributed by atoms with Crippen molar-refractivity contribution in [3.63, 3.8) is 0 Å². The molecule has 1 heterocycles. The number of para-hydroxylation sites is 2. The quantitative estimate of drug-likeness (QED) is 0.516. The number of ether oxygens (including phenoxy) is 3. The van der Waals surface area contributed by atoms with E-state index in [1.807, 2.05) is 24.3 Å². The number of ketones is 1. The lowest BCUT2D eigenvalue weighted by Gasteiger charge is -2.26. The third kappa shape index (κ3) is 6.30. The number of unbranched alkanes of at least 4 members (excludes halogenated alkanes) is 3. The van der Waals surface area contributed by atoms with Gasteiger partial charge < -0.3 is 19.0 Å². The van der Waals surface area contributed by atoms with E-state index >= 15 is 0 Å². The Kier molecular flexibility index (Phi) is 6.91. The summed E-state index contributed by atoms with van der Waals surface area (Å²) in [5.74, 6) is 1.42. The van der Waals surface area contributed by atoms with E-state index in [0.29, 0.717) is 25.2 Å². The first-order valence-electron chi connectivity index (χ1n) is 8.18. The fourth-order valence-corrected chi connectivity index (χ4v) is 2.40. The lowest BCUT2D eigenvalue weighted by Crippen LogP contribution is -2.34. The van der Waals surface area contributed by atoms with Crippen molar-refractivity contribution < 1.29 is 23.8 Å². The molecule has 0 aromatic heterocycles. The highest BCUT2D eigenvalue weighted by molar-refractivity contribution is 5.75. The van der Waals surface area contributed by atoms with Gasteiger partial charge in [0, 0.05) is 12.8 Å². The first-order valence-corrected chi connectivity index (χ1v) is 8.18. The molecule has 1 aromatic carbocycles. The molecule has 0 radical (unpaired) electrons. The maximum atomic E-state index is 11.7. The summed E-state index contributed by atoms with van der Waals surface area (Å²) in [6.45, 7) is 2.19. The topological polar surface area (TPSA) is 61.8 Å². The van der Waals surface area contributed by atoms with Gasteiger partial charge in [0.25, 0.3) is 0 Å². The van der Waals surface area contributed by atoms with E-state index in [2.05, 4.69) is 0 Å². The second kappa shape index (κ2) is 9.18. The van der Waals surface area contributed by atoms with Crippen LogP contribution in [-0.4, -0.2) is 31.1 Å². The van der Waals surface area contributed by atoms with Crippen LogP contribution in [-0.2, 0) is 14.3 Å². The third-order valence-electron chi connectivity index (χ3n) is 3.66. The fraction of sp³-hybridized carbons (Fsp3) is 0.556. The molecule has 0 aliphatic carbocycles. The van der Waals surface area contributed by atoms with Gasteiger partial charge in [0.2, 0.25) is 0 Å². The number of esters is 1. The molecule has 0 amide bonds. The first-order chi connectivity index (χ1) is 11.1. The van der Waals surface area contributed by atoms with Crippen LogP contribution in [0, 0.1) is 0 Å². The molecule has 1 aliphatic heterocycles. The molecule has 0 fully saturated rings. The fourth-order valence-electron chi connectivity index (χ4n) is 2.40. The van der Waals surface area contributed by atoms with E-state index in [4.69, 9.17) is 14.2 Å². The van der Waals surface area contributed by atoms with Crippen LogP contribution in [0.5, 0.6) is 11.5 Å². The standard InChI is InChI=1S/C18H24O5/c1-14(19)8-4-2-3-5-11-18(20)22-13-15-12-21-16-9-6-7-10-17(16)23-15/h6-7,9-10,15H,2-5,8,11-13H2,1H3/t15-/m0/s1. The van der Waals surface area contributed by atoms with Gasteiger partial charge in [-0.3, -0.25) is 4.79 Å². The van der Waals surface area contributed by atoms with E-state index in [9.17, 15) is 9.59 Å². The van der Waals surface area contributed by atoms with Crippen molar-refractivity contribution in [1.82, 2.24) is 0 Å². The van der Waals surface area contributed by atoms with Gasteiger partial charge in [0.1, 0.15) is 19.0 Å². The largest absolute Gasteiger partial charge is 0.486 e. The normalized spacial score (nSPS) is 16.0. The number of Topliss-reactive ketones (excluding diaryl/α,β-unsaturated/α-hetero) is 1. The van der Waals surface area contributed by atoms with Crippen molar-refractivity contribution in [3.05, 3.63) is 24.3 Å². The molecule has 5 nitrogen and oxygen atoms in total. The van der Waals surface area contributed by atoms with Crippen molar-refractivity contribution in [1.29, 1.82) is 0 Å². The smallest absolute Gasteiger partial charge is 0.305 e. The summed E-state index contributed by atoms with van der Waals surface area (Å²) in [6, 6.07) is 7.45. The molecule has 5 heteroatoms. The van der Waals surface area contributed by atoms with Gasteiger partial charge in [-0.05, 0) is 31.9 Å². The molecule has 1 aliphatic rings. The van der Waals surface area contributed by atoms with E-state index in [0.717, 1.165) is 31.4 Å². The number of benzene rings is 1. The lowest BCUT2D eigenvalue weighted by atomic mass is 10.1. The molecule has 1 atom stereocenters. The molecule has 126 valence electrons. The molecule has 0 spiro atoms. The molecule has 0 bridgehead atoms. The van der Waals surface area contributed by atoms with E-state index in [1.54, 1.807) is 6.92 Å². The Bertz CT molecular complexity index is 526. The van der Waals surface area contributed by atoms with E-state index in [1.165, 1.54) is 0 Å². The van der Waals surface area contributed by atoms with E-state index < -0.39 is 0 Å². The Morgan fingerprint density at radius 2 is 1.78 bits per heavy atom. The number of rotatable bonds is 9. The average molecular weight is 320 g/mol. The van der Waals surface area contributed by atoms with Gasteiger partial charge >= 0.3 is 5.97 Å². The molecule has 1 aromatic rings. The van der Waals surface area contributed by atoms with Crippen LogP contribution in [0.1, 0.15) is 45.4 Å². The summed E-state index contributed by atoms with van der Waals surface area (Å²) in [5.41, 5.74) is 0. The predicted molar refractivity (Wildman–Crippen MR) is 85.7 cm³/mol. The summed E-state index contributed by atoms with van der Waals surface area (Å²) >= 11 is 0. The minimum absolute atomic E-state index is 0.206. The summed E-state index contributed by atoms with van der Waals surface area (Å²) in [5, 5.41) is 0. The molecule has 0 unspecified atom stereocenters. The van der Waals surface area contributed by atoms with Gasteiger partial charge in [-0.1, -0.05) is 25.0 Å². The highest BCUT2D eigenvalue weighted by Gasteiger charge is 2.21. The highest BCUT2D eigenvalue weighted by Crippen LogP contribution is 2.30. The maximum absolute atomic E-state index is 11.7. The van der Waals surface area contributed by atoms with Crippen LogP contribution < -0.4 is 9.47 Å². The van der Waals surface area contributed by atoms with Crippen LogP contribution in [0.4, 0.5) is 0 Å². The minimum atomic E-state index is -0.260. The second-order valence-corrected chi connectivity index (χ2v) is 5.80. The molecule has 0 saturated carbocycles. The molecule has 0 saturated heterocycles. The van der Waals surface area contributed by atoms with Crippen molar-refractivity contribution in [2.24, 2.45) is 0 Å².